The van der Waals surface area contributed by atoms with E-state index in [0.717, 1.165) is 10.8 Å². The van der Waals surface area contributed by atoms with Gasteiger partial charge in [0.2, 0.25) is 0 Å². The second-order valence-corrected chi connectivity index (χ2v) is 4.20. The van der Waals surface area contributed by atoms with Crippen molar-refractivity contribution in [1.82, 2.24) is 5.32 Å². The highest BCUT2D eigenvalue weighted by molar-refractivity contribution is 5.88. The maximum absolute atomic E-state index is 10.0. The standard InChI is InChI=1S/C16H21NO2/c1-12(2)17-10-14(18)11-19-16-9-5-7-13-6-3-4-8-15(13)16/h3-9,12,14,17-18H,10-11H2,1-2H3/t14-/m0/s1/i1D3,2D3,12D. The molecule has 0 spiro atoms. The van der Waals surface area contributed by atoms with E-state index in [9.17, 15) is 5.11 Å². The quantitative estimate of drug-likeness (QED) is 0.844. The Bertz CT molecular complexity index is 726. The first-order valence-corrected chi connectivity index (χ1v) is 5.99. The molecule has 2 aromatic rings. The monoisotopic (exact) mass is 266 g/mol. The molecule has 0 aliphatic carbocycles. The van der Waals surface area contributed by atoms with Crippen molar-refractivity contribution in [2.45, 2.75) is 25.8 Å². The molecule has 2 rings (SSSR count). The van der Waals surface area contributed by atoms with Crippen molar-refractivity contribution < 1.29 is 19.4 Å². The molecule has 1 atom stereocenters. The van der Waals surface area contributed by atoms with Gasteiger partial charge in [0.05, 0.1) is 0 Å². The predicted molar refractivity (Wildman–Crippen MR) is 78.6 cm³/mol. The Kier molecular flexibility index (Phi) is 2.50. The van der Waals surface area contributed by atoms with Crippen molar-refractivity contribution in [3.63, 3.8) is 0 Å². The van der Waals surface area contributed by atoms with Crippen molar-refractivity contribution in [1.29, 1.82) is 0 Å². The number of rotatable bonds is 6. The summed E-state index contributed by atoms with van der Waals surface area (Å²) in [5, 5.41) is 14.0. The van der Waals surface area contributed by atoms with Crippen molar-refractivity contribution in [2.24, 2.45) is 0 Å². The number of benzene rings is 2. The van der Waals surface area contributed by atoms with Gasteiger partial charge in [0.25, 0.3) is 0 Å². The fourth-order valence-corrected chi connectivity index (χ4v) is 1.79. The third-order valence-corrected chi connectivity index (χ3v) is 2.70. The van der Waals surface area contributed by atoms with Crippen LogP contribution < -0.4 is 10.1 Å². The number of aliphatic hydroxyl groups excluding tert-OH is 1. The predicted octanol–water partition coefficient (Wildman–Crippen LogP) is 2.58. The van der Waals surface area contributed by atoms with Crippen LogP contribution >= 0.6 is 0 Å². The summed E-state index contributed by atoms with van der Waals surface area (Å²) in [5.74, 6) is 0.547. The topological polar surface area (TPSA) is 41.5 Å². The lowest BCUT2D eigenvalue weighted by molar-refractivity contribution is 0.105. The van der Waals surface area contributed by atoms with Crippen LogP contribution in [0.15, 0.2) is 42.5 Å². The summed E-state index contributed by atoms with van der Waals surface area (Å²) in [5.41, 5.74) is 0. The first kappa shape index (κ1) is 7.27. The van der Waals surface area contributed by atoms with Gasteiger partial charge in [-0.1, -0.05) is 50.1 Å². The normalized spacial score (nSPS) is 20.2. The molecule has 0 aliphatic heterocycles. The third-order valence-electron chi connectivity index (χ3n) is 2.70. The van der Waals surface area contributed by atoms with Gasteiger partial charge in [0, 0.05) is 27.5 Å². The fourth-order valence-electron chi connectivity index (χ4n) is 1.79. The molecule has 0 saturated carbocycles. The van der Waals surface area contributed by atoms with E-state index < -0.39 is 32.4 Å². The largest absolute Gasteiger partial charge is 0.490 e. The number of hydrogen-bond acceptors (Lipinski definition) is 3. The zero-order valence-corrected chi connectivity index (χ0v) is 10.4. The lowest BCUT2D eigenvalue weighted by atomic mass is 10.1. The SMILES string of the molecule is [2H]C([2H])([2H])C([2H])(NC[C@H](O)COc1cccc2ccccc12)C([2H])([2H])[2H]. The molecule has 0 radical (unpaired) electrons. The highest BCUT2D eigenvalue weighted by Crippen LogP contribution is 2.25. The zero-order valence-electron chi connectivity index (χ0n) is 17.4. The highest BCUT2D eigenvalue weighted by atomic mass is 16.5. The minimum absolute atomic E-state index is 0.181. The lowest BCUT2D eigenvalue weighted by Gasteiger charge is -2.15. The molecule has 102 valence electrons. The smallest absolute Gasteiger partial charge is 0.127 e. The molecule has 0 bridgehead atoms. The molecule has 0 unspecified atom stereocenters. The molecule has 0 saturated heterocycles. The molecule has 19 heavy (non-hydrogen) atoms. The van der Waals surface area contributed by atoms with Gasteiger partial charge >= 0.3 is 0 Å². The Balaban J connectivity index is 2.01. The fraction of sp³-hybridized carbons (Fsp3) is 0.375. The van der Waals surface area contributed by atoms with E-state index in [0.29, 0.717) is 5.75 Å². The van der Waals surface area contributed by atoms with Crippen LogP contribution in [0.4, 0.5) is 0 Å². The molecular formula is C16H21NO2. The Morgan fingerprint density at radius 2 is 2.05 bits per heavy atom. The highest BCUT2D eigenvalue weighted by Gasteiger charge is 2.07. The number of ether oxygens (including phenoxy) is 1. The lowest BCUT2D eigenvalue weighted by Crippen LogP contribution is -2.35. The summed E-state index contributed by atoms with van der Waals surface area (Å²) in [7, 11) is 0. The van der Waals surface area contributed by atoms with Crippen LogP contribution in [0.25, 0.3) is 10.8 Å². The van der Waals surface area contributed by atoms with Gasteiger partial charge in [0.1, 0.15) is 18.5 Å². The van der Waals surface area contributed by atoms with Gasteiger partial charge in [-0.2, -0.15) is 0 Å². The summed E-state index contributed by atoms with van der Waals surface area (Å²) in [6.45, 7) is -6.77. The van der Waals surface area contributed by atoms with Crippen LogP contribution in [0, 0.1) is 0 Å². The van der Waals surface area contributed by atoms with E-state index in [-0.39, 0.29) is 6.61 Å². The minimum atomic E-state index is -3.09. The molecule has 0 heterocycles. The number of nitrogens with one attached hydrogen (secondary N) is 1. The van der Waals surface area contributed by atoms with Crippen molar-refractivity contribution >= 4 is 10.8 Å². The average molecular weight is 266 g/mol. The van der Waals surface area contributed by atoms with Crippen LogP contribution in [0.5, 0.6) is 5.75 Å². The molecule has 0 amide bonds. The van der Waals surface area contributed by atoms with Gasteiger partial charge in [-0.25, -0.2) is 0 Å². The maximum Gasteiger partial charge on any atom is 0.127 e. The van der Waals surface area contributed by atoms with E-state index in [1.165, 1.54) is 0 Å². The Hall–Kier alpha value is -1.58. The molecule has 0 aliphatic rings. The second kappa shape index (κ2) is 6.55. The van der Waals surface area contributed by atoms with Crippen LogP contribution in [0.1, 0.15) is 23.3 Å². The van der Waals surface area contributed by atoms with Gasteiger partial charge < -0.3 is 15.2 Å². The van der Waals surface area contributed by atoms with Crippen LogP contribution in [-0.2, 0) is 0 Å². The molecule has 2 N–H and O–H groups in total. The average Bonchev–Trinajstić information content (AvgIpc) is 2.55. The first-order chi connectivity index (χ1) is 12.0. The van der Waals surface area contributed by atoms with E-state index >= 15 is 0 Å². The van der Waals surface area contributed by atoms with Crippen LogP contribution in [-0.4, -0.2) is 30.4 Å². The molecule has 3 nitrogen and oxygen atoms in total. The zero-order chi connectivity index (χ0) is 19.6. The van der Waals surface area contributed by atoms with Crippen molar-refractivity contribution in [3.8, 4) is 5.75 Å². The molecule has 3 heteroatoms. The summed E-state index contributed by atoms with van der Waals surface area (Å²) >= 11 is 0. The van der Waals surface area contributed by atoms with Crippen molar-refractivity contribution in [3.05, 3.63) is 42.5 Å². The molecular weight excluding hydrogens is 238 g/mol. The van der Waals surface area contributed by atoms with E-state index in [1.54, 1.807) is 12.1 Å². The van der Waals surface area contributed by atoms with Crippen LogP contribution in [0.2, 0.25) is 0 Å². The minimum Gasteiger partial charge on any atom is -0.490 e. The summed E-state index contributed by atoms with van der Waals surface area (Å²) in [4.78, 5) is 0. The first-order valence-electron chi connectivity index (χ1n) is 9.49. The second-order valence-electron chi connectivity index (χ2n) is 4.20. The van der Waals surface area contributed by atoms with Gasteiger partial charge in [0.15, 0.2) is 0 Å². The summed E-state index contributed by atoms with van der Waals surface area (Å²) in [6, 6.07) is 10.1. The summed E-state index contributed by atoms with van der Waals surface area (Å²) in [6.07, 6.45) is -1.19. The Labute approximate surface area is 124 Å². The van der Waals surface area contributed by atoms with E-state index in [4.69, 9.17) is 14.3 Å². The summed E-state index contributed by atoms with van der Waals surface area (Å²) < 4.78 is 57.4. The maximum atomic E-state index is 10.0. The van der Waals surface area contributed by atoms with Crippen LogP contribution in [0.3, 0.4) is 0 Å². The van der Waals surface area contributed by atoms with E-state index in [2.05, 4.69) is 5.32 Å². The third kappa shape index (κ3) is 3.94. The van der Waals surface area contributed by atoms with Gasteiger partial charge in [-0.3, -0.25) is 0 Å². The Morgan fingerprint density at radius 3 is 2.89 bits per heavy atom. The number of hydrogen-bond donors (Lipinski definition) is 2. The number of fused-ring (bicyclic) bond motifs is 1. The van der Waals surface area contributed by atoms with Gasteiger partial charge in [-0.15, -0.1) is 0 Å². The molecule has 2 aromatic carbocycles. The Morgan fingerprint density at radius 1 is 1.26 bits per heavy atom. The number of aliphatic hydroxyl groups is 1. The molecule has 0 fully saturated rings. The molecule has 0 aromatic heterocycles. The van der Waals surface area contributed by atoms with Crippen molar-refractivity contribution in [2.75, 3.05) is 13.2 Å². The van der Waals surface area contributed by atoms with E-state index in [1.807, 2.05) is 30.3 Å². The van der Waals surface area contributed by atoms with Gasteiger partial charge in [-0.05, 0) is 11.5 Å².